The van der Waals surface area contributed by atoms with E-state index < -0.39 is 4.92 Å². The topological polar surface area (TPSA) is 84.4 Å². The Hall–Kier alpha value is -3.56. The minimum atomic E-state index is -0.419. The zero-order chi connectivity index (χ0) is 23.8. The summed E-state index contributed by atoms with van der Waals surface area (Å²) in [7, 11) is 0. The number of thiocarbonyl (C=S) groups is 1. The summed E-state index contributed by atoms with van der Waals surface area (Å²) in [5.41, 5.74) is 3.67. The fraction of sp³-hybridized carbons (Fsp3) is 0.120. The van der Waals surface area contributed by atoms with Crippen LogP contribution in [-0.4, -0.2) is 15.0 Å². The van der Waals surface area contributed by atoms with Crippen molar-refractivity contribution < 1.29 is 9.34 Å². The number of hydrogen-bond acceptors (Lipinski definition) is 5. The molecule has 7 nitrogen and oxygen atoms in total. The molecule has 0 bridgehead atoms. The molecule has 0 aliphatic carbocycles. The molecule has 170 valence electrons. The van der Waals surface area contributed by atoms with Gasteiger partial charge in [0.2, 0.25) is 0 Å². The third kappa shape index (κ3) is 4.08. The minimum absolute atomic E-state index is 0.0351. The molecule has 4 aromatic rings. The Labute approximate surface area is 209 Å². The molecular weight excluding hydrogens is 516 g/mol. The van der Waals surface area contributed by atoms with Crippen LogP contribution in [0.2, 0.25) is 0 Å². The van der Waals surface area contributed by atoms with E-state index in [-0.39, 0.29) is 17.8 Å². The molecule has 1 N–H and O–H groups in total. The number of nitro groups is 1. The molecule has 0 amide bonds. The van der Waals surface area contributed by atoms with Crippen molar-refractivity contribution in [3.63, 3.8) is 0 Å². The first-order chi connectivity index (χ1) is 16.4. The first-order valence-corrected chi connectivity index (χ1v) is 11.7. The number of furan rings is 1. The quantitative estimate of drug-likeness (QED) is 0.178. The van der Waals surface area contributed by atoms with E-state index in [9.17, 15) is 10.1 Å². The van der Waals surface area contributed by atoms with Crippen molar-refractivity contribution in [3.05, 3.63) is 111 Å². The lowest BCUT2D eigenvalue weighted by molar-refractivity contribution is -0.384. The lowest BCUT2D eigenvalue weighted by Crippen LogP contribution is -2.29. The van der Waals surface area contributed by atoms with Crippen molar-refractivity contribution >= 4 is 44.6 Å². The van der Waals surface area contributed by atoms with Crippen LogP contribution < -0.4 is 10.2 Å². The van der Waals surface area contributed by atoms with Gasteiger partial charge in [0.15, 0.2) is 5.11 Å². The monoisotopic (exact) mass is 534 g/mol. The lowest BCUT2D eigenvalue weighted by Gasteiger charge is -2.26. The van der Waals surface area contributed by atoms with Crippen LogP contribution in [0, 0.1) is 17.0 Å². The number of non-ortho nitro benzene ring substituents is 1. The molecule has 34 heavy (non-hydrogen) atoms. The highest BCUT2D eigenvalue weighted by Gasteiger charge is 2.42. The van der Waals surface area contributed by atoms with Gasteiger partial charge in [-0.15, -0.1) is 0 Å². The summed E-state index contributed by atoms with van der Waals surface area (Å²) >= 11 is 9.33. The third-order valence-electron chi connectivity index (χ3n) is 5.80. The summed E-state index contributed by atoms with van der Waals surface area (Å²) in [5.74, 6) is 1.33. The number of halogens is 1. The first-order valence-electron chi connectivity index (χ1n) is 10.5. The maximum absolute atomic E-state index is 11.0. The molecule has 1 aliphatic rings. The molecule has 5 rings (SSSR count). The molecule has 9 heteroatoms. The summed E-state index contributed by atoms with van der Waals surface area (Å²) in [5, 5.41) is 15.0. The molecule has 2 aromatic carbocycles. The number of pyridine rings is 1. The van der Waals surface area contributed by atoms with E-state index in [1.807, 2.05) is 54.3 Å². The molecule has 1 aliphatic heterocycles. The average molecular weight is 535 g/mol. The van der Waals surface area contributed by atoms with E-state index in [2.05, 4.69) is 32.3 Å². The molecule has 0 radical (unpaired) electrons. The minimum Gasteiger partial charge on any atom is -0.459 e. The molecule has 1 fully saturated rings. The zero-order valence-electron chi connectivity index (χ0n) is 18.0. The zero-order valence-corrected chi connectivity index (χ0v) is 20.4. The third-order valence-corrected chi connectivity index (χ3v) is 7.00. The van der Waals surface area contributed by atoms with Crippen LogP contribution in [0.4, 0.5) is 11.4 Å². The van der Waals surface area contributed by atoms with Crippen molar-refractivity contribution in [2.75, 3.05) is 4.90 Å². The van der Waals surface area contributed by atoms with Gasteiger partial charge in [-0.05, 0) is 79.3 Å². The molecule has 0 saturated carbocycles. The van der Waals surface area contributed by atoms with E-state index in [0.717, 1.165) is 27.0 Å². The number of aromatic nitrogens is 1. The summed E-state index contributed by atoms with van der Waals surface area (Å²) in [4.78, 5) is 17.2. The van der Waals surface area contributed by atoms with Crippen molar-refractivity contribution in [3.8, 4) is 11.3 Å². The molecule has 2 aromatic heterocycles. The maximum atomic E-state index is 11.0. The largest absolute Gasteiger partial charge is 0.459 e. The molecule has 3 heterocycles. The molecular formula is C25H19BrN4O3S. The smallest absolute Gasteiger partial charge is 0.269 e. The Bertz CT molecular complexity index is 1370. The number of anilines is 1. The molecule has 0 unspecified atom stereocenters. The van der Waals surface area contributed by atoms with Crippen LogP contribution >= 0.6 is 28.1 Å². The van der Waals surface area contributed by atoms with E-state index in [4.69, 9.17) is 16.6 Å². The summed E-state index contributed by atoms with van der Waals surface area (Å²) in [6, 6.07) is 21.5. The number of rotatable bonds is 5. The Morgan fingerprint density at radius 1 is 1.12 bits per heavy atom. The summed E-state index contributed by atoms with van der Waals surface area (Å²) in [6.07, 6.45) is 1.76. The highest BCUT2D eigenvalue weighted by atomic mass is 79.9. The number of nitrogens with one attached hydrogen (secondary N) is 1. The molecule has 1 saturated heterocycles. The van der Waals surface area contributed by atoms with E-state index in [1.165, 1.54) is 12.1 Å². The van der Waals surface area contributed by atoms with E-state index in [1.54, 1.807) is 18.3 Å². The number of nitro benzene ring substituents is 1. The van der Waals surface area contributed by atoms with Crippen LogP contribution in [0.25, 0.3) is 11.3 Å². The van der Waals surface area contributed by atoms with E-state index >= 15 is 0 Å². The standard InChI is InChI=1S/C25H19BrN4O3S/c1-15-14-18(9-10-19(15)26)29-24(23(28-25(29)34)20-4-2-3-13-27-20)22-12-11-21(33-22)16-5-7-17(8-6-16)30(31)32/h2-14,23-24H,1H3,(H,28,34)/t23-,24+/m1/s1. The van der Waals surface area contributed by atoms with Gasteiger partial charge >= 0.3 is 0 Å². The Balaban J connectivity index is 1.57. The highest BCUT2D eigenvalue weighted by Crippen LogP contribution is 2.43. The second-order valence-corrected chi connectivity index (χ2v) is 9.18. The van der Waals surface area contributed by atoms with Crippen LogP contribution in [-0.2, 0) is 0 Å². The first kappa shape index (κ1) is 22.2. The fourth-order valence-electron chi connectivity index (χ4n) is 4.11. The second-order valence-electron chi connectivity index (χ2n) is 7.94. The summed E-state index contributed by atoms with van der Waals surface area (Å²) < 4.78 is 7.33. The van der Waals surface area contributed by atoms with Gasteiger partial charge in [0.05, 0.1) is 16.7 Å². The van der Waals surface area contributed by atoms with Crippen LogP contribution in [0.5, 0.6) is 0 Å². The molecule has 0 spiro atoms. The van der Waals surface area contributed by atoms with Crippen LogP contribution in [0.1, 0.15) is 29.1 Å². The van der Waals surface area contributed by atoms with Gasteiger partial charge in [-0.3, -0.25) is 15.1 Å². The SMILES string of the molecule is Cc1cc(N2C(=S)N[C@H](c3ccccn3)[C@@H]2c2ccc(-c3ccc([N+](=O)[O-])cc3)o2)ccc1Br. The Morgan fingerprint density at radius 2 is 1.91 bits per heavy atom. The Kier molecular flexibility index (Phi) is 5.89. The average Bonchev–Trinajstić information content (AvgIpc) is 3.46. The number of benzene rings is 2. The predicted molar refractivity (Wildman–Crippen MR) is 138 cm³/mol. The van der Waals surface area contributed by atoms with Crippen LogP contribution in [0.15, 0.2) is 87.9 Å². The number of aryl methyl sites for hydroxylation is 1. The Morgan fingerprint density at radius 3 is 2.59 bits per heavy atom. The van der Waals surface area contributed by atoms with Crippen molar-refractivity contribution in [1.29, 1.82) is 0 Å². The van der Waals surface area contributed by atoms with Crippen LogP contribution in [0.3, 0.4) is 0 Å². The predicted octanol–water partition coefficient (Wildman–Crippen LogP) is 6.50. The molecule has 2 atom stereocenters. The van der Waals surface area contributed by atoms with Gasteiger partial charge in [0.1, 0.15) is 17.6 Å². The van der Waals surface area contributed by atoms with Gasteiger partial charge in [-0.2, -0.15) is 0 Å². The van der Waals surface area contributed by atoms with Gasteiger partial charge in [0, 0.05) is 34.1 Å². The van der Waals surface area contributed by atoms with Gasteiger partial charge < -0.3 is 14.6 Å². The normalized spacial score (nSPS) is 17.6. The van der Waals surface area contributed by atoms with Gasteiger partial charge in [-0.25, -0.2) is 0 Å². The van der Waals surface area contributed by atoms with Crippen molar-refractivity contribution in [2.24, 2.45) is 0 Å². The van der Waals surface area contributed by atoms with E-state index in [0.29, 0.717) is 16.6 Å². The van der Waals surface area contributed by atoms with Crippen molar-refractivity contribution in [2.45, 2.75) is 19.0 Å². The van der Waals surface area contributed by atoms with Crippen molar-refractivity contribution in [1.82, 2.24) is 10.3 Å². The fourth-order valence-corrected chi connectivity index (χ4v) is 4.71. The summed E-state index contributed by atoms with van der Waals surface area (Å²) in [6.45, 7) is 2.03. The second kappa shape index (κ2) is 9.00. The van der Waals surface area contributed by atoms with Gasteiger partial charge in [-0.1, -0.05) is 22.0 Å². The number of hydrogen-bond donors (Lipinski definition) is 1. The lowest BCUT2D eigenvalue weighted by atomic mass is 10.0. The highest BCUT2D eigenvalue weighted by molar-refractivity contribution is 9.10. The number of nitrogens with zero attached hydrogens (tertiary/aromatic N) is 3. The van der Waals surface area contributed by atoms with Gasteiger partial charge in [0.25, 0.3) is 5.69 Å². The maximum Gasteiger partial charge on any atom is 0.269 e.